The van der Waals surface area contributed by atoms with Crippen molar-refractivity contribution in [3.05, 3.63) is 23.8 Å². The van der Waals surface area contributed by atoms with Crippen molar-refractivity contribution in [2.24, 2.45) is 0 Å². The second-order valence-corrected chi connectivity index (χ2v) is 6.91. The molecule has 0 bridgehead atoms. The van der Waals surface area contributed by atoms with Crippen LogP contribution in [0.25, 0.3) is 0 Å². The van der Waals surface area contributed by atoms with E-state index in [0.717, 1.165) is 0 Å². The molecule has 1 aliphatic heterocycles. The van der Waals surface area contributed by atoms with Crippen molar-refractivity contribution < 1.29 is 22.7 Å². The maximum absolute atomic E-state index is 12.8. The second kappa shape index (κ2) is 6.64. The zero-order chi connectivity index (χ0) is 16.3. The molecule has 1 unspecified atom stereocenters. The highest BCUT2D eigenvalue weighted by Crippen LogP contribution is 2.26. The molecule has 0 spiro atoms. The molecule has 0 aliphatic carbocycles. The average molecular weight is 328 g/mol. The van der Waals surface area contributed by atoms with Crippen molar-refractivity contribution in [1.29, 1.82) is 0 Å². The highest BCUT2D eigenvalue weighted by Gasteiger charge is 2.31. The summed E-state index contributed by atoms with van der Waals surface area (Å²) in [6.45, 7) is 3.43. The molecule has 0 radical (unpaired) electrons. The quantitative estimate of drug-likeness (QED) is 0.809. The van der Waals surface area contributed by atoms with Crippen LogP contribution in [-0.4, -0.2) is 58.6 Å². The molecule has 1 saturated heterocycles. The SMILES string of the molecule is COC(=O)c1cc(S(=O)(=O)N2CCNCC2C)ccc1OC. The summed E-state index contributed by atoms with van der Waals surface area (Å²) in [4.78, 5) is 11.9. The lowest BCUT2D eigenvalue weighted by Crippen LogP contribution is -2.52. The molecule has 8 heteroatoms. The Morgan fingerprint density at radius 1 is 1.36 bits per heavy atom. The van der Waals surface area contributed by atoms with E-state index in [1.54, 1.807) is 0 Å². The number of benzene rings is 1. The fourth-order valence-corrected chi connectivity index (χ4v) is 4.09. The van der Waals surface area contributed by atoms with Gasteiger partial charge in [0.2, 0.25) is 10.0 Å². The molecular weight excluding hydrogens is 308 g/mol. The number of esters is 1. The summed E-state index contributed by atoms with van der Waals surface area (Å²) in [7, 11) is -1.02. The Balaban J connectivity index is 2.45. The van der Waals surface area contributed by atoms with Gasteiger partial charge < -0.3 is 14.8 Å². The number of ether oxygens (including phenoxy) is 2. The van der Waals surface area contributed by atoms with Gasteiger partial charge in [0.05, 0.1) is 19.1 Å². The van der Waals surface area contributed by atoms with Crippen LogP contribution < -0.4 is 10.1 Å². The lowest BCUT2D eigenvalue weighted by atomic mass is 10.2. The van der Waals surface area contributed by atoms with Crippen LogP contribution in [0.5, 0.6) is 5.75 Å². The normalized spacial score (nSPS) is 19.7. The molecule has 2 rings (SSSR count). The predicted molar refractivity (Wildman–Crippen MR) is 80.6 cm³/mol. The van der Waals surface area contributed by atoms with Crippen molar-refractivity contribution in [3.8, 4) is 5.75 Å². The first-order chi connectivity index (χ1) is 10.4. The van der Waals surface area contributed by atoms with E-state index in [1.165, 1.54) is 36.7 Å². The third-order valence-electron chi connectivity index (χ3n) is 3.62. The predicted octanol–water partition coefficient (Wildman–Crippen LogP) is 0.464. The summed E-state index contributed by atoms with van der Waals surface area (Å²) >= 11 is 0. The van der Waals surface area contributed by atoms with Crippen molar-refractivity contribution in [1.82, 2.24) is 9.62 Å². The Morgan fingerprint density at radius 2 is 2.09 bits per heavy atom. The molecule has 1 fully saturated rings. The van der Waals surface area contributed by atoms with E-state index in [4.69, 9.17) is 4.74 Å². The Hall–Kier alpha value is -1.64. The largest absolute Gasteiger partial charge is 0.496 e. The number of carbonyl (C=O) groups excluding carboxylic acids is 1. The van der Waals surface area contributed by atoms with Crippen LogP contribution >= 0.6 is 0 Å². The molecule has 0 aromatic heterocycles. The molecule has 1 N–H and O–H groups in total. The Labute approximate surface area is 130 Å². The van der Waals surface area contributed by atoms with Crippen LogP contribution in [0.3, 0.4) is 0 Å². The standard InChI is InChI=1S/C14H20N2O5S/c1-10-9-15-6-7-16(10)22(18,19)11-4-5-13(20-2)12(8-11)14(17)21-3/h4-5,8,10,15H,6-7,9H2,1-3H3. The zero-order valence-electron chi connectivity index (χ0n) is 12.8. The van der Waals surface area contributed by atoms with Gasteiger partial charge in [-0.05, 0) is 25.1 Å². The number of hydrogen-bond acceptors (Lipinski definition) is 6. The van der Waals surface area contributed by atoms with Gasteiger partial charge in [-0.3, -0.25) is 0 Å². The van der Waals surface area contributed by atoms with Crippen molar-refractivity contribution >= 4 is 16.0 Å². The second-order valence-electron chi connectivity index (χ2n) is 5.02. The van der Waals surface area contributed by atoms with Gasteiger partial charge in [-0.1, -0.05) is 0 Å². The first-order valence-electron chi connectivity index (χ1n) is 6.90. The van der Waals surface area contributed by atoms with E-state index >= 15 is 0 Å². The number of nitrogens with one attached hydrogen (secondary N) is 1. The van der Waals surface area contributed by atoms with E-state index in [-0.39, 0.29) is 22.3 Å². The van der Waals surface area contributed by atoms with Crippen LogP contribution in [0, 0.1) is 0 Å². The molecular formula is C14H20N2O5S. The molecule has 0 amide bonds. The van der Waals surface area contributed by atoms with Crippen LogP contribution in [0.1, 0.15) is 17.3 Å². The van der Waals surface area contributed by atoms with Crippen molar-refractivity contribution in [2.75, 3.05) is 33.9 Å². The van der Waals surface area contributed by atoms with E-state index in [9.17, 15) is 13.2 Å². The highest BCUT2D eigenvalue weighted by atomic mass is 32.2. The molecule has 122 valence electrons. The number of piperazine rings is 1. The summed E-state index contributed by atoms with van der Waals surface area (Å²) < 4.78 is 36.7. The number of sulfonamides is 1. The number of rotatable bonds is 4. The van der Waals surface area contributed by atoms with Gasteiger partial charge in [-0.15, -0.1) is 0 Å². The minimum atomic E-state index is -3.67. The van der Waals surface area contributed by atoms with Crippen LogP contribution in [0.4, 0.5) is 0 Å². The summed E-state index contributed by atoms with van der Waals surface area (Å²) in [5.74, 6) is -0.360. The average Bonchev–Trinajstić information content (AvgIpc) is 2.53. The Morgan fingerprint density at radius 3 is 2.68 bits per heavy atom. The maximum Gasteiger partial charge on any atom is 0.341 e. The molecule has 22 heavy (non-hydrogen) atoms. The van der Waals surface area contributed by atoms with Gasteiger partial charge in [0.15, 0.2) is 0 Å². The van der Waals surface area contributed by atoms with Crippen LogP contribution in [0.15, 0.2) is 23.1 Å². The fourth-order valence-electron chi connectivity index (χ4n) is 2.43. The lowest BCUT2D eigenvalue weighted by Gasteiger charge is -2.32. The molecule has 1 aromatic carbocycles. The minimum absolute atomic E-state index is 0.0578. The monoisotopic (exact) mass is 328 g/mol. The molecule has 1 aliphatic rings. The summed E-state index contributed by atoms with van der Waals surface area (Å²) in [5.41, 5.74) is 0.0915. The Bertz CT molecular complexity index is 659. The van der Waals surface area contributed by atoms with Gasteiger partial charge in [0.1, 0.15) is 11.3 Å². The smallest absolute Gasteiger partial charge is 0.341 e. The van der Waals surface area contributed by atoms with E-state index in [0.29, 0.717) is 19.6 Å². The van der Waals surface area contributed by atoms with Crippen LogP contribution in [-0.2, 0) is 14.8 Å². The molecule has 1 atom stereocenters. The lowest BCUT2D eigenvalue weighted by molar-refractivity contribution is 0.0597. The number of carbonyl (C=O) groups is 1. The fraction of sp³-hybridized carbons (Fsp3) is 0.500. The number of hydrogen-bond donors (Lipinski definition) is 1. The number of nitrogens with zero attached hydrogens (tertiary/aromatic N) is 1. The molecule has 7 nitrogen and oxygen atoms in total. The van der Waals surface area contributed by atoms with Gasteiger partial charge >= 0.3 is 5.97 Å². The topological polar surface area (TPSA) is 84.9 Å². The summed E-state index contributed by atoms with van der Waals surface area (Å²) in [6, 6.07) is 4.05. The molecule has 1 aromatic rings. The summed E-state index contributed by atoms with van der Waals surface area (Å²) in [5, 5.41) is 3.14. The van der Waals surface area contributed by atoms with E-state index < -0.39 is 16.0 Å². The zero-order valence-corrected chi connectivity index (χ0v) is 13.6. The third kappa shape index (κ3) is 3.08. The highest BCUT2D eigenvalue weighted by molar-refractivity contribution is 7.89. The van der Waals surface area contributed by atoms with E-state index in [1.807, 2.05) is 6.92 Å². The first kappa shape index (κ1) is 16.7. The van der Waals surface area contributed by atoms with Crippen LogP contribution in [0.2, 0.25) is 0 Å². The Kier molecular flexibility index (Phi) is 5.05. The van der Waals surface area contributed by atoms with Gasteiger partial charge in [0.25, 0.3) is 0 Å². The summed E-state index contributed by atoms with van der Waals surface area (Å²) in [6.07, 6.45) is 0. The van der Waals surface area contributed by atoms with E-state index in [2.05, 4.69) is 10.1 Å². The van der Waals surface area contributed by atoms with Gasteiger partial charge in [-0.25, -0.2) is 13.2 Å². The van der Waals surface area contributed by atoms with Gasteiger partial charge in [-0.2, -0.15) is 4.31 Å². The number of methoxy groups -OCH3 is 2. The maximum atomic E-state index is 12.8. The molecule has 1 heterocycles. The van der Waals surface area contributed by atoms with Crippen molar-refractivity contribution in [2.45, 2.75) is 17.9 Å². The molecule has 0 saturated carbocycles. The first-order valence-corrected chi connectivity index (χ1v) is 8.34. The van der Waals surface area contributed by atoms with Crippen molar-refractivity contribution in [3.63, 3.8) is 0 Å². The van der Waals surface area contributed by atoms with Gasteiger partial charge in [0, 0.05) is 25.7 Å². The third-order valence-corrected chi connectivity index (χ3v) is 5.63. The minimum Gasteiger partial charge on any atom is -0.496 e.